The number of hydrogen-bond donors (Lipinski definition) is 3. The van der Waals surface area contributed by atoms with Gasteiger partial charge in [-0.15, -0.1) is 24.0 Å². The zero-order chi connectivity index (χ0) is 19.9. The third-order valence-corrected chi connectivity index (χ3v) is 4.46. The molecule has 1 amide bonds. The smallest absolute Gasteiger partial charge is 0.225 e. The average molecular weight is 509 g/mol. The summed E-state index contributed by atoms with van der Waals surface area (Å²) < 4.78 is 5.56. The highest BCUT2D eigenvalue weighted by Gasteiger charge is 2.24. The van der Waals surface area contributed by atoms with Gasteiger partial charge >= 0.3 is 0 Å². The molecule has 1 aromatic carbocycles. The molecule has 156 valence electrons. The number of nitrogens with one attached hydrogen (secondary N) is 3. The highest BCUT2D eigenvalue weighted by molar-refractivity contribution is 14.0. The second kappa shape index (κ2) is 11.0. The summed E-state index contributed by atoms with van der Waals surface area (Å²) >= 11 is 0. The van der Waals surface area contributed by atoms with E-state index in [0.717, 1.165) is 16.8 Å². The minimum absolute atomic E-state index is 0. The Balaban J connectivity index is 0.00000300. The zero-order valence-electron chi connectivity index (χ0n) is 16.9. The van der Waals surface area contributed by atoms with Crippen LogP contribution in [0.5, 0.6) is 5.88 Å². The lowest BCUT2D eigenvalue weighted by atomic mass is 9.90. The Kier molecular flexibility index (Phi) is 8.69. The molecule has 0 aliphatic carbocycles. The van der Waals surface area contributed by atoms with Crippen LogP contribution in [0.3, 0.4) is 0 Å². The average Bonchev–Trinajstić information content (AvgIpc) is 2.68. The number of fused-ring (bicyclic) bond motifs is 1. The predicted octanol–water partition coefficient (Wildman–Crippen LogP) is 3.28. The van der Waals surface area contributed by atoms with Gasteiger partial charge in [-0.3, -0.25) is 9.79 Å². The highest BCUT2D eigenvalue weighted by Crippen LogP contribution is 2.31. The fraction of sp³-hybridized carbons (Fsp3) is 0.381. The van der Waals surface area contributed by atoms with Gasteiger partial charge in [-0.1, -0.05) is 24.3 Å². The highest BCUT2D eigenvalue weighted by atomic mass is 127. The molecule has 8 heteroatoms. The van der Waals surface area contributed by atoms with Gasteiger partial charge in [0, 0.05) is 50.4 Å². The van der Waals surface area contributed by atoms with Crippen molar-refractivity contribution in [2.24, 2.45) is 4.99 Å². The summed E-state index contributed by atoms with van der Waals surface area (Å²) in [7, 11) is 1.73. The number of aromatic nitrogens is 1. The van der Waals surface area contributed by atoms with Gasteiger partial charge in [0.2, 0.25) is 11.8 Å². The molecule has 7 nitrogen and oxygen atoms in total. The van der Waals surface area contributed by atoms with E-state index >= 15 is 0 Å². The van der Waals surface area contributed by atoms with E-state index in [1.54, 1.807) is 13.2 Å². The Hall–Kier alpha value is -2.36. The predicted molar refractivity (Wildman–Crippen MR) is 126 cm³/mol. The number of benzene rings is 1. The lowest BCUT2D eigenvalue weighted by Gasteiger charge is -2.26. The molecule has 0 fully saturated rings. The van der Waals surface area contributed by atoms with Crippen LogP contribution in [0, 0.1) is 0 Å². The first-order valence-electron chi connectivity index (χ1n) is 9.50. The number of nitrogens with zero attached hydrogens (tertiary/aromatic N) is 2. The summed E-state index contributed by atoms with van der Waals surface area (Å²) in [5.74, 6) is 1.46. The van der Waals surface area contributed by atoms with Crippen molar-refractivity contribution in [1.29, 1.82) is 0 Å². The summed E-state index contributed by atoms with van der Waals surface area (Å²) in [5.41, 5.74) is 3.07. The van der Waals surface area contributed by atoms with E-state index in [2.05, 4.69) is 32.0 Å². The van der Waals surface area contributed by atoms with Gasteiger partial charge < -0.3 is 20.7 Å². The number of anilines is 1. The Morgan fingerprint density at radius 2 is 2.07 bits per heavy atom. The van der Waals surface area contributed by atoms with Crippen molar-refractivity contribution >= 4 is 41.5 Å². The molecule has 2 aromatic rings. The number of pyridine rings is 1. The molecule has 2 heterocycles. The van der Waals surface area contributed by atoms with Crippen LogP contribution in [0.4, 0.5) is 5.69 Å². The van der Waals surface area contributed by atoms with E-state index < -0.39 is 0 Å². The third-order valence-electron chi connectivity index (χ3n) is 4.46. The van der Waals surface area contributed by atoms with Crippen LogP contribution in [0.1, 0.15) is 37.3 Å². The summed E-state index contributed by atoms with van der Waals surface area (Å²) in [6, 6.07) is 11.8. The van der Waals surface area contributed by atoms with Crippen molar-refractivity contribution in [3.63, 3.8) is 0 Å². The van der Waals surface area contributed by atoms with Crippen LogP contribution in [-0.4, -0.2) is 36.5 Å². The number of para-hydroxylation sites is 1. The van der Waals surface area contributed by atoms with Gasteiger partial charge in [0.15, 0.2) is 5.96 Å². The van der Waals surface area contributed by atoms with Gasteiger partial charge in [-0.2, -0.15) is 0 Å². The number of guanidine groups is 1. The van der Waals surface area contributed by atoms with Crippen LogP contribution in [0.2, 0.25) is 0 Å². The van der Waals surface area contributed by atoms with Crippen molar-refractivity contribution < 1.29 is 9.53 Å². The molecule has 0 bridgehead atoms. The zero-order valence-corrected chi connectivity index (χ0v) is 19.3. The quantitative estimate of drug-likeness (QED) is 0.316. The van der Waals surface area contributed by atoms with Crippen LogP contribution >= 0.6 is 24.0 Å². The fourth-order valence-corrected chi connectivity index (χ4v) is 3.14. The number of ether oxygens (including phenoxy) is 1. The monoisotopic (exact) mass is 509 g/mol. The second-order valence-electron chi connectivity index (χ2n) is 7.01. The van der Waals surface area contributed by atoms with Gasteiger partial charge in [0.1, 0.15) is 0 Å². The summed E-state index contributed by atoms with van der Waals surface area (Å²) in [5, 5.41) is 9.52. The fourth-order valence-electron chi connectivity index (χ4n) is 3.14. The largest absolute Gasteiger partial charge is 0.475 e. The maximum Gasteiger partial charge on any atom is 0.225 e. The molecule has 0 spiro atoms. The Morgan fingerprint density at radius 3 is 2.76 bits per heavy atom. The number of halogens is 1. The number of carbonyl (C=O) groups is 1. The molecule has 0 saturated carbocycles. The van der Waals surface area contributed by atoms with E-state index in [0.29, 0.717) is 31.3 Å². The van der Waals surface area contributed by atoms with Gasteiger partial charge in [0.25, 0.3) is 0 Å². The van der Waals surface area contributed by atoms with E-state index in [1.165, 1.54) is 0 Å². The first-order chi connectivity index (χ1) is 13.5. The summed E-state index contributed by atoms with van der Waals surface area (Å²) in [6.07, 6.45) is 2.36. The Morgan fingerprint density at radius 1 is 1.28 bits per heavy atom. The maximum absolute atomic E-state index is 12.0. The number of carbonyl (C=O) groups excluding carboxylic acids is 1. The van der Waals surface area contributed by atoms with E-state index in [1.807, 2.05) is 44.2 Å². The first kappa shape index (κ1) is 22.9. The number of amides is 1. The summed E-state index contributed by atoms with van der Waals surface area (Å²) in [4.78, 5) is 20.5. The van der Waals surface area contributed by atoms with Gasteiger partial charge in [-0.25, -0.2) is 4.98 Å². The maximum atomic E-state index is 12.0. The number of rotatable bonds is 6. The minimum Gasteiger partial charge on any atom is -0.475 e. The lowest BCUT2D eigenvalue weighted by Crippen LogP contribution is -2.40. The van der Waals surface area contributed by atoms with Crippen molar-refractivity contribution in [3.8, 4) is 5.88 Å². The number of hydrogen-bond acceptors (Lipinski definition) is 4. The van der Waals surface area contributed by atoms with Crippen LogP contribution in [0.15, 0.2) is 47.6 Å². The van der Waals surface area contributed by atoms with E-state index in [-0.39, 0.29) is 41.9 Å². The van der Waals surface area contributed by atoms with E-state index in [9.17, 15) is 4.79 Å². The van der Waals surface area contributed by atoms with Crippen LogP contribution in [0.25, 0.3) is 0 Å². The first-order valence-corrected chi connectivity index (χ1v) is 9.50. The molecule has 3 rings (SSSR count). The molecular formula is C21H28IN5O2. The standard InChI is InChI=1S/C21H27N5O2.HI/c1-14(2)28-20-9-8-15(11-23-20)12-24-21(22-3)25-13-16-10-19(27)26-18-7-5-4-6-17(16)18;/h4-9,11,14,16H,10,12-13H2,1-3H3,(H,26,27)(H2,22,24,25);1H. The van der Waals surface area contributed by atoms with E-state index in [4.69, 9.17) is 4.74 Å². The SMILES string of the molecule is CN=C(NCc1ccc(OC(C)C)nc1)NCC1CC(=O)Nc2ccccc21.I. The topological polar surface area (TPSA) is 87.6 Å². The number of aliphatic imine (C=N–C) groups is 1. The molecule has 1 atom stereocenters. The van der Waals surface area contributed by atoms with Crippen molar-refractivity contribution in [1.82, 2.24) is 15.6 Å². The van der Waals surface area contributed by atoms with Crippen molar-refractivity contribution in [2.45, 2.75) is 38.8 Å². The van der Waals surface area contributed by atoms with Gasteiger partial charge in [-0.05, 0) is 31.0 Å². The Labute approximate surface area is 188 Å². The normalized spacial score (nSPS) is 15.8. The van der Waals surface area contributed by atoms with Gasteiger partial charge in [0.05, 0.1) is 6.10 Å². The molecule has 1 aliphatic heterocycles. The molecular weight excluding hydrogens is 481 g/mol. The summed E-state index contributed by atoms with van der Waals surface area (Å²) in [6.45, 7) is 5.17. The second-order valence-corrected chi connectivity index (χ2v) is 7.01. The van der Waals surface area contributed by atoms with Crippen LogP contribution < -0.4 is 20.7 Å². The molecule has 1 unspecified atom stereocenters. The third kappa shape index (κ3) is 6.59. The Bertz CT molecular complexity index is 839. The molecule has 29 heavy (non-hydrogen) atoms. The minimum atomic E-state index is 0. The molecule has 1 aromatic heterocycles. The molecule has 1 aliphatic rings. The molecule has 0 radical (unpaired) electrons. The van der Waals surface area contributed by atoms with Crippen LogP contribution in [-0.2, 0) is 11.3 Å². The molecule has 0 saturated heterocycles. The molecule has 3 N–H and O–H groups in total. The van der Waals surface area contributed by atoms with Crippen molar-refractivity contribution in [3.05, 3.63) is 53.7 Å². The lowest BCUT2D eigenvalue weighted by molar-refractivity contribution is -0.116. The van der Waals surface area contributed by atoms with Crippen molar-refractivity contribution in [2.75, 3.05) is 18.9 Å².